The molecule has 0 aliphatic carbocycles. The number of amides is 1. The van der Waals surface area contributed by atoms with Crippen LogP contribution < -0.4 is 10.6 Å². The van der Waals surface area contributed by atoms with E-state index in [9.17, 15) is 4.79 Å². The molecule has 0 aromatic heterocycles. The highest BCUT2D eigenvalue weighted by Crippen LogP contribution is 2.08. The molecular formula is C14H22N2O2. The fourth-order valence-corrected chi connectivity index (χ4v) is 1.58. The molecule has 1 atom stereocenters. The molecule has 0 spiro atoms. The van der Waals surface area contributed by atoms with Gasteiger partial charge in [-0.3, -0.25) is 4.79 Å². The van der Waals surface area contributed by atoms with Crippen LogP contribution in [0.15, 0.2) is 24.3 Å². The van der Waals surface area contributed by atoms with Crippen molar-refractivity contribution < 1.29 is 9.90 Å². The maximum atomic E-state index is 11.7. The van der Waals surface area contributed by atoms with Crippen molar-refractivity contribution in [3.8, 4) is 0 Å². The fourth-order valence-electron chi connectivity index (χ4n) is 1.58. The van der Waals surface area contributed by atoms with Crippen molar-refractivity contribution in [1.29, 1.82) is 0 Å². The predicted molar refractivity (Wildman–Crippen MR) is 73.5 cm³/mol. The first kappa shape index (κ1) is 14.7. The average Bonchev–Trinajstić information content (AvgIpc) is 2.32. The quantitative estimate of drug-likeness (QED) is 0.717. The van der Waals surface area contributed by atoms with Crippen LogP contribution in [0.1, 0.15) is 19.4 Å². The molecule has 0 aliphatic heterocycles. The summed E-state index contributed by atoms with van der Waals surface area (Å²) >= 11 is 0. The van der Waals surface area contributed by atoms with Gasteiger partial charge in [0.25, 0.3) is 0 Å². The van der Waals surface area contributed by atoms with Gasteiger partial charge in [0.15, 0.2) is 0 Å². The lowest BCUT2D eigenvalue weighted by atomic mass is 10.1. The second-order valence-corrected chi connectivity index (χ2v) is 4.83. The van der Waals surface area contributed by atoms with Crippen molar-refractivity contribution in [1.82, 2.24) is 5.32 Å². The minimum atomic E-state index is -0.0991. The Morgan fingerprint density at radius 3 is 2.39 bits per heavy atom. The van der Waals surface area contributed by atoms with E-state index in [1.165, 1.54) is 0 Å². The Morgan fingerprint density at radius 2 is 1.89 bits per heavy atom. The van der Waals surface area contributed by atoms with Crippen molar-refractivity contribution in [3.63, 3.8) is 0 Å². The van der Waals surface area contributed by atoms with Crippen LogP contribution in [0.2, 0.25) is 0 Å². The molecular weight excluding hydrogens is 228 g/mol. The summed E-state index contributed by atoms with van der Waals surface area (Å²) in [5, 5.41) is 15.0. The molecule has 1 aromatic carbocycles. The van der Waals surface area contributed by atoms with Crippen LogP contribution in [0, 0.1) is 12.8 Å². The standard InChI is InChI=1S/C14H22N2O2/c1-10(2)13(9-17)15-8-14(18)16-12-6-4-11(3)5-7-12/h4-7,10,13,15,17H,8-9H2,1-3H3,(H,16,18). The predicted octanol–water partition coefficient (Wildman–Crippen LogP) is 1.54. The van der Waals surface area contributed by atoms with Gasteiger partial charge in [-0.2, -0.15) is 0 Å². The number of carbonyl (C=O) groups is 1. The van der Waals surface area contributed by atoms with Gasteiger partial charge in [0.2, 0.25) is 5.91 Å². The Labute approximate surface area is 108 Å². The molecule has 3 N–H and O–H groups in total. The summed E-state index contributed by atoms with van der Waals surface area (Å²) < 4.78 is 0. The molecule has 0 saturated heterocycles. The third kappa shape index (κ3) is 4.85. The van der Waals surface area contributed by atoms with Gasteiger partial charge < -0.3 is 15.7 Å². The Balaban J connectivity index is 2.40. The zero-order chi connectivity index (χ0) is 13.5. The molecule has 0 heterocycles. The summed E-state index contributed by atoms with van der Waals surface area (Å²) in [6.45, 7) is 6.26. The number of anilines is 1. The summed E-state index contributed by atoms with van der Waals surface area (Å²) in [5.41, 5.74) is 1.95. The Bertz CT molecular complexity index is 374. The highest BCUT2D eigenvalue weighted by atomic mass is 16.3. The zero-order valence-corrected chi connectivity index (χ0v) is 11.2. The monoisotopic (exact) mass is 250 g/mol. The lowest BCUT2D eigenvalue weighted by Crippen LogP contribution is -2.41. The van der Waals surface area contributed by atoms with Crippen LogP contribution in [0.5, 0.6) is 0 Å². The van der Waals surface area contributed by atoms with Gasteiger partial charge >= 0.3 is 0 Å². The number of hydrogen-bond donors (Lipinski definition) is 3. The van der Waals surface area contributed by atoms with E-state index in [1.54, 1.807) is 0 Å². The van der Waals surface area contributed by atoms with Crippen LogP contribution in [-0.4, -0.2) is 30.2 Å². The molecule has 0 saturated carbocycles. The van der Waals surface area contributed by atoms with E-state index >= 15 is 0 Å². The van der Waals surface area contributed by atoms with Gasteiger partial charge in [-0.05, 0) is 25.0 Å². The number of hydrogen-bond acceptors (Lipinski definition) is 3. The van der Waals surface area contributed by atoms with Crippen molar-refractivity contribution in [2.45, 2.75) is 26.8 Å². The summed E-state index contributed by atoms with van der Waals surface area (Å²) in [6.07, 6.45) is 0. The van der Waals surface area contributed by atoms with E-state index in [0.29, 0.717) is 5.92 Å². The summed E-state index contributed by atoms with van der Waals surface area (Å²) in [7, 11) is 0. The molecule has 4 nitrogen and oxygen atoms in total. The third-order valence-electron chi connectivity index (χ3n) is 2.86. The minimum Gasteiger partial charge on any atom is -0.395 e. The molecule has 1 aromatic rings. The summed E-state index contributed by atoms with van der Waals surface area (Å²) in [4.78, 5) is 11.7. The molecule has 1 unspecified atom stereocenters. The normalized spacial score (nSPS) is 12.5. The Hall–Kier alpha value is -1.39. The lowest BCUT2D eigenvalue weighted by Gasteiger charge is -2.19. The fraction of sp³-hybridized carbons (Fsp3) is 0.500. The average molecular weight is 250 g/mol. The van der Waals surface area contributed by atoms with Crippen LogP contribution >= 0.6 is 0 Å². The Kier molecular flexibility index (Phi) is 5.82. The van der Waals surface area contributed by atoms with E-state index < -0.39 is 0 Å². The van der Waals surface area contributed by atoms with Gasteiger partial charge in [-0.15, -0.1) is 0 Å². The molecule has 0 radical (unpaired) electrons. The maximum Gasteiger partial charge on any atom is 0.238 e. The first-order valence-corrected chi connectivity index (χ1v) is 6.23. The smallest absolute Gasteiger partial charge is 0.238 e. The highest BCUT2D eigenvalue weighted by molar-refractivity contribution is 5.92. The maximum absolute atomic E-state index is 11.7. The molecule has 0 fully saturated rings. The minimum absolute atomic E-state index is 0.0372. The third-order valence-corrected chi connectivity index (χ3v) is 2.86. The van der Waals surface area contributed by atoms with E-state index in [4.69, 9.17) is 5.11 Å². The van der Waals surface area contributed by atoms with E-state index in [2.05, 4.69) is 10.6 Å². The number of benzene rings is 1. The molecule has 0 aliphatic rings. The van der Waals surface area contributed by atoms with Gasteiger partial charge in [0.1, 0.15) is 0 Å². The largest absolute Gasteiger partial charge is 0.395 e. The van der Waals surface area contributed by atoms with E-state index in [1.807, 2.05) is 45.0 Å². The first-order chi connectivity index (χ1) is 8.52. The van der Waals surface area contributed by atoms with Crippen molar-refractivity contribution in [2.75, 3.05) is 18.5 Å². The molecule has 1 amide bonds. The van der Waals surface area contributed by atoms with Crippen molar-refractivity contribution in [2.24, 2.45) is 5.92 Å². The second kappa shape index (κ2) is 7.13. The first-order valence-electron chi connectivity index (χ1n) is 6.23. The van der Waals surface area contributed by atoms with E-state index in [0.717, 1.165) is 11.3 Å². The van der Waals surface area contributed by atoms with Crippen LogP contribution in [0.3, 0.4) is 0 Å². The number of aliphatic hydroxyl groups is 1. The van der Waals surface area contributed by atoms with Crippen molar-refractivity contribution in [3.05, 3.63) is 29.8 Å². The zero-order valence-electron chi connectivity index (χ0n) is 11.2. The van der Waals surface area contributed by atoms with Gasteiger partial charge in [0.05, 0.1) is 13.2 Å². The molecule has 1 rings (SSSR count). The SMILES string of the molecule is Cc1ccc(NC(=O)CNC(CO)C(C)C)cc1. The van der Waals surface area contributed by atoms with Gasteiger partial charge in [-0.1, -0.05) is 31.5 Å². The number of nitrogens with one attached hydrogen (secondary N) is 2. The van der Waals surface area contributed by atoms with Crippen molar-refractivity contribution >= 4 is 11.6 Å². The molecule has 0 bridgehead atoms. The topological polar surface area (TPSA) is 61.4 Å². The van der Waals surface area contributed by atoms with Crippen LogP contribution in [0.4, 0.5) is 5.69 Å². The molecule has 4 heteroatoms. The number of aryl methyl sites for hydroxylation is 1. The summed E-state index contributed by atoms with van der Waals surface area (Å²) in [6, 6.07) is 7.61. The number of rotatable bonds is 6. The second-order valence-electron chi connectivity index (χ2n) is 4.83. The number of aliphatic hydroxyl groups excluding tert-OH is 1. The number of carbonyl (C=O) groups excluding carboxylic acids is 1. The highest BCUT2D eigenvalue weighted by Gasteiger charge is 2.12. The van der Waals surface area contributed by atoms with Crippen LogP contribution in [0.25, 0.3) is 0 Å². The van der Waals surface area contributed by atoms with Gasteiger partial charge in [-0.25, -0.2) is 0 Å². The molecule has 100 valence electrons. The van der Waals surface area contributed by atoms with Gasteiger partial charge in [0, 0.05) is 11.7 Å². The Morgan fingerprint density at radius 1 is 1.28 bits per heavy atom. The molecule has 18 heavy (non-hydrogen) atoms. The summed E-state index contributed by atoms with van der Waals surface area (Å²) in [5.74, 6) is 0.195. The lowest BCUT2D eigenvalue weighted by molar-refractivity contribution is -0.115. The van der Waals surface area contributed by atoms with E-state index in [-0.39, 0.29) is 25.1 Å². The van der Waals surface area contributed by atoms with Crippen LogP contribution in [-0.2, 0) is 4.79 Å².